The monoisotopic (exact) mass is 1270 g/mol. The molecule has 0 aromatic carbocycles. The first-order valence-corrected chi connectivity index (χ1v) is 38.6. The number of carbonyl (C=O) groups excluding carboxylic acids is 2. The molecule has 1 aliphatic rings. The standard InChI is InChI=1S/C79H145NO10/c1-3-5-7-9-11-13-15-16-17-37-41-44-47-51-55-59-63-67-75(84)88-68-64-60-56-52-48-45-42-39-36-34-32-30-28-26-24-22-20-18-19-21-23-25-27-29-31-33-35-38-40-43-46-50-54-58-62-66-74(83)80-71(70-89-79-78(87)77(86)76(85)73(69-81)90-79)72(82)65-61-57-53-49-14-12-10-8-6-4-2/h6,8,14,20,22,26,28,49,61,65,71-73,76-79,81-82,85-87H,3-5,7,9-13,15-19,21,23-25,27,29-48,50-60,62-64,66-70H2,1-2H3,(H,80,83)/b8-6+,22-20-,28-26-,49-14+,65-61+. The normalized spacial score (nSPS) is 18.0. The van der Waals surface area contributed by atoms with Gasteiger partial charge in [0.1, 0.15) is 24.4 Å². The van der Waals surface area contributed by atoms with Crippen LogP contribution in [0, 0.1) is 0 Å². The summed E-state index contributed by atoms with van der Waals surface area (Å²) in [6, 6.07) is -0.833. The zero-order valence-electron chi connectivity index (χ0n) is 58.6. The zero-order valence-corrected chi connectivity index (χ0v) is 58.6. The van der Waals surface area contributed by atoms with Gasteiger partial charge in [-0.15, -0.1) is 0 Å². The second-order valence-corrected chi connectivity index (χ2v) is 26.7. The van der Waals surface area contributed by atoms with Crippen molar-refractivity contribution in [1.82, 2.24) is 5.32 Å². The largest absolute Gasteiger partial charge is 0.466 e. The van der Waals surface area contributed by atoms with Gasteiger partial charge in [-0.25, -0.2) is 0 Å². The molecular weight excluding hydrogens is 1120 g/mol. The van der Waals surface area contributed by atoms with E-state index in [1.54, 1.807) is 6.08 Å². The van der Waals surface area contributed by atoms with Crippen LogP contribution in [0.15, 0.2) is 60.8 Å². The summed E-state index contributed by atoms with van der Waals surface area (Å²) in [7, 11) is 0. The topological polar surface area (TPSA) is 175 Å². The third kappa shape index (κ3) is 55.8. The number of hydrogen-bond acceptors (Lipinski definition) is 10. The molecule has 1 rings (SSSR count). The maximum atomic E-state index is 13.0. The number of aliphatic hydroxyl groups excluding tert-OH is 5. The number of rotatable bonds is 68. The van der Waals surface area contributed by atoms with Crippen molar-refractivity contribution < 1.29 is 49.3 Å². The molecule has 0 bridgehead atoms. The molecule has 0 radical (unpaired) electrons. The first-order valence-electron chi connectivity index (χ1n) is 38.6. The Balaban J connectivity index is 1.89. The van der Waals surface area contributed by atoms with Gasteiger partial charge in [-0.3, -0.25) is 9.59 Å². The summed E-state index contributed by atoms with van der Waals surface area (Å²) < 4.78 is 16.7. The molecule has 11 heteroatoms. The van der Waals surface area contributed by atoms with E-state index in [1.165, 1.54) is 270 Å². The highest BCUT2D eigenvalue weighted by atomic mass is 16.7. The van der Waals surface area contributed by atoms with Crippen LogP contribution in [0.1, 0.15) is 367 Å². The lowest BCUT2D eigenvalue weighted by Gasteiger charge is -2.40. The lowest BCUT2D eigenvalue weighted by atomic mass is 9.99. The van der Waals surface area contributed by atoms with Crippen molar-refractivity contribution in [2.75, 3.05) is 19.8 Å². The average Bonchev–Trinajstić information content (AvgIpc) is 1.78. The van der Waals surface area contributed by atoms with Crippen molar-refractivity contribution in [3.63, 3.8) is 0 Å². The van der Waals surface area contributed by atoms with E-state index < -0.39 is 49.5 Å². The Labute approximate surface area is 554 Å². The maximum Gasteiger partial charge on any atom is 0.305 e. The van der Waals surface area contributed by atoms with Gasteiger partial charge in [-0.05, 0) is 83.5 Å². The Kier molecular flexibility index (Phi) is 64.3. The number of aliphatic hydroxyl groups is 5. The number of hydrogen-bond donors (Lipinski definition) is 6. The van der Waals surface area contributed by atoms with E-state index in [1.807, 2.05) is 6.08 Å². The molecule has 0 aliphatic carbocycles. The summed E-state index contributed by atoms with van der Waals surface area (Å²) in [6.07, 6.45) is 81.3. The summed E-state index contributed by atoms with van der Waals surface area (Å²) in [4.78, 5) is 25.1. The van der Waals surface area contributed by atoms with Gasteiger partial charge in [-0.1, -0.05) is 331 Å². The number of ether oxygens (including phenoxy) is 3. The summed E-state index contributed by atoms with van der Waals surface area (Å²) in [5.74, 6) is -0.182. The molecule has 6 N–H and O–H groups in total. The fourth-order valence-corrected chi connectivity index (χ4v) is 12.1. The molecule has 1 heterocycles. The molecule has 0 aromatic heterocycles. The van der Waals surface area contributed by atoms with E-state index in [4.69, 9.17) is 14.2 Å². The third-order valence-corrected chi connectivity index (χ3v) is 18.1. The second-order valence-electron chi connectivity index (χ2n) is 26.7. The molecule has 0 spiro atoms. The maximum absolute atomic E-state index is 13.0. The molecule has 1 aliphatic heterocycles. The van der Waals surface area contributed by atoms with Crippen molar-refractivity contribution in [2.45, 2.75) is 410 Å². The van der Waals surface area contributed by atoms with Crippen molar-refractivity contribution in [3.05, 3.63) is 60.8 Å². The van der Waals surface area contributed by atoms with E-state index in [-0.39, 0.29) is 18.5 Å². The summed E-state index contributed by atoms with van der Waals surface area (Å²) in [5, 5.41) is 54.3. The van der Waals surface area contributed by atoms with Crippen LogP contribution in [-0.4, -0.2) is 100 Å². The molecule has 90 heavy (non-hydrogen) atoms. The quantitative estimate of drug-likeness (QED) is 0.0195. The number of carbonyl (C=O) groups is 2. The minimum atomic E-state index is -1.58. The molecule has 526 valence electrons. The number of allylic oxidation sites excluding steroid dienone is 9. The lowest BCUT2D eigenvalue weighted by Crippen LogP contribution is -2.60. The molecular formula is C79H145NO10. The van der Waals surface area contributed by atoms with Gasteiger partial charge < -0.3 is 45.1 Å². The Morgan fingerprint density at radius 1 is 0.422 bits per heavy atom. The number of nitrogens with one attached hydrogen (secondary N) is 1. The molecule has 0 aromatic rings. The summed E-state index contributed by atoms with van der Waals surface area (Å²) >= 11 is 0. The van der Waals surface area contributed by atoms with Gasteiger partial charge >= 0.3 is 5.97 Å². The van der Waals surface area contributed by atoms with E-state index >= 15 is 0 Å². The molecule has 7 unspecified atom stereocenters. The van der Waals surface area contributed by atoms with E-state index in [0.717, 1.165) is 70.6 Å². The van der Waals surface area contributed by atoms with Crippen LogP contribution < -0.4 is 5.32 Å². The molecule has 1 amide bonds. The van der Waals surface area contributed by atoms with Crippen LogP contribution in [0.4, 0.5) is 0 Å². The number of unbranched alkanes of at least 4 members (excludes halogenated alkanes) is 46. The highest BCUT2D eigenvalue weighted by molar-refractivity contribution is 5.76. The van der Waals surface area contributed by atoms with Crippen molar-refractivity contribution in [1.29, 1.82) is 0 Å². The first kappa shape index (κ1) is 85.4. The molecule has 11 nitrogen and oxygen atoms in total. The van der Waals surface area contributed by atoms with Crippen molar-refractivity contribution >= 4 is 11.9 Å². The first-order chi connectivity index (χ1) is 44.2. The van der Waals surface area contributed by atoms with Gasteiger partial charge in [0.2, 0.25) is 5.91 Å². The zero-order chi connectivity index (χ0) is 65.1. The minimum Gasteiger partial charge on any atom is -0.466 e. The van der Waals surface area contributed by atoms with Crippen LogP contribution in [-0.2, 0) is 23.8 Å². The van der Waals surface area contributed by atoms with Crippen molar-refractivity contribution in [2.24, 2.45) is 0 Å². The van der Waals surface area contributed by atoms with Crippen molar-refractivity contribution in [3.8, 4) is 0 Å². The average molecular weight is 1270 g/mol. The van der Waals surface area contributed by atoms with Crippen LogP contribution >= 0.6 is 0 Å². The van der Waals surface area contributed by atoms with Gasteiger partial charge in [0.15, 0.2) is 6.29 Å². The Morgan fingerprint density at radius 2 is 0.789 bits per heavy atom. The van der Waals surface area contributed by atoms with E-state index in [0.29, 0.717) is 19.4 Å². The summed E-state index contributed by atoms with van der Waals surface area (Å²) in [6.45, 7) is 4.24. The van der Waals surface area contributed by atoms with Crippen LogP contribution in [0.2, 0.25) is 0 Å². The van der Waals surface area contributed by atoms with Gasteiger partial charge in [-0.2, -0.15) is 0 Å². The fraction of sp³-hybridized carbons (Fsp3) is 0.848. The Hall–Kier alpha value is -2.64. The van der Waals surface area contributed by atoms with E-state index in [2.05, 4.69) is 67.8 Å². The molecule has 1 fully saturated rings. The Morgan fingerprint density at radius 3 is 1.21 bits per heavy atom. The molecule has 7 atom stereocenters. The van der Waals surface area contributed by atoms with Gasteiger partial charge in [0.05, 0.1) is 32.0 Å². The number of esters is 1. The van der Waals surface area contributed by atoms with Crippen LogP contribution in [0.25, 0.3) is 0 Å². The lowest BCUT2D eigenvalue weighted by molar-refractivity contribution is -0.302. The predicted molar refractivity (Wildman–Crippen MR) is 380 cm³/mol. The predicted octanol–water partition coefficient (Wildman–Crippen LogP) is 20.5. The third-order valence-electron chi connectivity index (χ3n) is 18.1. The van der Waals surface area contributed by atoms with Gasteiger partial charge in [0, 0.05) is 12.8 Å². The van der Waals surface area contributed by atoms with Crippen LogP contribution in [0.5, 0.6) is 0 Å². The fourth-order valence-electron chi connectivity index (χ4n) is 12.1. The number of amides is 1. The van der Waals surface area contributed by atoms with Crippen LogP contribution in [0.3, 0.4) is 0 Å². The highest BCUT2D eigenvalue weighted by Gasteiger charge is 2.44. The second kappa shape index (κ2) is 67.8. The molecule has 1 saturated heterocycles. The van der Waals surface area contributed by atoms with E-state index in [9.17, 15) is 35.1 Å². The molecule has 0 saturated carbocycles. The minimum absolute atomic E-state index is 0.0139. The van der Waals surface area contributed by atoms with Gasteiger partial charge in [0.25, 0.3) is 0 Å². The summed E-state index contributed by atoms with van der Waals surface area (Å²) in [5.41, 5.74) is 0. The highest BCUT2D eigenvalue weighted by Crippen LogP contribution is 2.24. The Bertz CT molecular complexity index is 1680. The smallest absolute Gasteiger partial charge is 0.305 e. The SMILES string of the molecule is CC/C=C/CC/C=C/CC/C=C/C(O)C(COC1OC(CO)C(O)C(O)C1O)NC(=O)CCCCCCCCCCCCCCCCCCC/C=C\C/C=C\CCCCCCCCCCCCCOC(=O)CCCCCCCCCCCCCCCCCCC.